The van der Waals surface area contributed by atoms with Gasteiger partial charge >= 0.3 is 0 Å². The second kappa shape index (κ2) is 5.73. The van der Waals surface area contributed by atoms with E-state index in [1.807, 2.05) is 24.3 Å². The van der Waals surface area contributed by atoms with Crippen LogP contribution in [0.15, 0.2) is 24.3 Å². The molecule has 0 fully saturated rings. The Kier molecular flexibility index (Phi) is 4.59. The zero-order valence-electron chi connectivity index (χ0n) is 8.57. The Balaban J connectivity index is 2.68. The first-order valence-corrected chi connectivity index (χ1v) is 5.07. The first-order valence-electron chi connectivity index (χ1n) is 4.63. The van der Waals surface area contributed by atoms with Crippen LogP contribution in [0.3, 0.4) is 0 Å². The molecule has 1 aromatic rings. The van der Waals surface area contributed by atoms with Crippen LogP contribution in [0.1, 0.15) is 11.1 Å². The van der Waals surface area contributed by atoms with Gasteiger partial charge in [-0.25, -0.2) is 0 Å². The Labute approximate surface area is 94.2 Å². The van der Waals surface area contributed by atoms with Gasteiger partial charge in [-0.1, -0.05) is 24.3 Å². The standard InChI is InChI=1S/C11H14ClNO2/c1-15-7-9-4-2-3-8(5-9)6-10(12)11(13)14/h2-5,10H,6-7H2,1H3,(H2,13,14). The zero-order valence-corrected chi connectivity index (χ0v) is 9.33. The third-order valence-corrected chi connectivity index (χ3v) is 2.40. The molecule has 0 radical (unpaired) electrons. The number of hydrogen-bond donors (Lipinski definition) is 1. The summed E-state index contributed by atoms with van der Waals surface area (Å²) in [4.78, 5) is 10.8. The van der Waals surface area contributed by atoms with E-state index in [-0.39, 0.29) is 0 Å². The number of methoxy groups -OCH3 is 1. The minimum atomic E-state index is -0.650. The summed E-state index contributed by atoms with van der Waals surface area (Å²) >= 11 is 5.77. The second-order valence-corrected chi connectivity index (χ2v) is 3.85. The molecular weight excluding hydrogens is 214 g/mol. The minimum Gasteiger partial charge on any atom is -0.380 e. The SMILES string of the molecule is COCc1cccc(CC(Cl)C(N)=O)c1. The number of carbonyl (C=O) groups excluding carboxylic acids is 1. The summed E-state index contributed by atoms with van der Waals surface area (Å²) in [5, 5.41) is -0.650. The van der Waals surface area contributed by atoms with Gasteiger partial charge in [-0.2, -0.15) is 0 Å². The molecule has 1 unspecified atom stereocenters. The van der Waals surface area contributed by atoms with E-state index >= 15 is 0 Å². The average molecular weight is 228 g/mol. The van der Waals surface area contributed by atoms with Gasteiger partial charge in [0.1, 0.15) is 5.38 Å². The van der Waals surface area contributed by atoms with Crippen LogP contribution in [0.2, 0.25) is 0 Å². The summed E-state index contributed by atoms with van der Waals surface area (Å²) in [5.41, 5.74) is 7.13. The van der Waals surface area contributed by atoms with Gasteiger partial charge in [0, 0.05) is 7.11 Å². The molecular formula is C11H14ClNO2. The highest BCUT2D eigenvalue weighted by molar-refractivity contribution is 6.30. The number of ether oxygens (including phenoxy) is 1. The van der Waals surface area contributed by atoms with E-state index in [0.717, 1.165) is 11.1 Å². The van der Waals surface area contributed by atoms with E-state index in [2.05, 4.69) is 0 Å². The summed E-state index contributed by atoms with van der Waals surface area (Å²) in [6.07, 6.45) is 0.453. The molecule has 0 aliphatic rings. The molecule has 0 aliphatic carbocycles. The normalized spacial score (nSPS) is 12.4. The number of alkyl halides is 1. The summed E-state index contributed by atoms with van der Waals surface area (Å²) in [7, 11) is 1.64. The molecule has 0 bridgehead atoms. The summed E-state index contributed by atoms with van der Waals surface area (Å²) in [6.45, 7) is 0.553. The number of nitrogens with two attached hydrogens (primary N) is 1. The van der Waals surface area contributed by atoms with E-state index in [9.17, 15) is 4.79 Å². The van der Waals surface area contributed by atoms with Crippen molar-refractivity contribution in [1.82, 2.24) is 0 Å². The third kappa shape index (κ3) is 3.90. The van der Waals surface area contributed by atoms with E-state index < -0.39 is 11.3 Å². The lowest BCUT2D eigenvalue weighted by molar-refractivity contribution is -0.117. The Hall–Kier alpha value is -1.06. The topological polar surface area (TPSA) is 52.3 Å². The van der Waals surface area contributed by atoms with Gasteiger partial charge in [-0.3, -0.25) is 4.79 Å². The molecule has 0 heterocycles. The van der Waals surface area contributed by atoms with Crippen molar-refractivity contribution in [2.24, 2.45) is 5.73 Å². The maximum Gasteiger partial charge on any atom is 0.235 e. The molecule has 1 amide bonds. The van der Waals surface area contributed by atoms with Crippen LogP contribution < -0.4 is 5.73 Å². The van der Waals surface area contributed by atoms with Crippen LogP contribution in [0.25, 0.3) is 0 Å². The Morgan fingerprint density at radius 3 is 2.80 bits per heavy atom. The molecule has 1 rings (SSSR count). The highest BCUT2D eigenvalue weighted by atomic mass is 35.5. The number of halogens is 1. The highest BCUT2D eigenvalue weighted by Gasteiger charge is 2.11. The molecule has 1 aromatic carbocycles. The number of amides is 1. The Morgan fingerprint density at radius 2 is 2.20 bits per heavy atom. The molecule has 4 heteroatoms. The molecule has 15 heavy (non-hydrogen) atoms. The first kappa shape index (κ1) is 12.0. The Morgan fingerprint density at radius 1 is 1.53 bits per heavy atom. The smallest absolute Gasteiger partial charge is 0.235 e. The maximum atomic E-state index is 10.8. The molecule has 3 nitrogen and oxygen atoms in total. The fourth-order valence-corrected chi connectivity index (χ4v) is 1.50. The summed E-state index contributed by atoms with van der Waals surface area (Å²) in [6, 6.07) is 7.74. The van der Waals surface area contributed by atoms with Crippen molar-refractivity contribution in [3.8, 4) is 0 Å². The van der Waals surface area contributed by atoms with E-state index in [1.165, 1.54) is 0 Å². The average Bonchev–Trinajstić information content (AvgIpc) is 2.18. The van der Waals surface area contributed by atoms with Crippen molar-refractivity contribution in [2.45, 2.75) is 18.4 Å². The van der Waals surface area contributed by atoms with Crippen molar-refractivity contribution in [1.29, 1.82) is 0 Å². The molecule has 82 valence electrons. The monoisotopic (exact) mass is 227 g/mol. The van der Waals surface area contributed by atoms with Crippen molar-refractivity contribution < 1.29 is 9.53 Å². The van der Waals surface area contributed by atoms with Gasteiger partial charge in [0.2, 0.25) is 5.91 Å². The van der Waals surface area contributed by atoms with Crippen LogP contribution in [-0.4, -0.2) is 18.4 Å². The lowest BCUT2D eigenvalue weighted by Crippen LogP contribution is -2.25. The second-order valence-electron chi connectivity index (χ2n) is 3.33. The van der Waals surface area contributed by atoms with Gasteiger partial charge < -0.3 is 10.5 Å². The van der Waals surface area contributed by atoms with Crippen LogP contribution in [-0.2, 0) is 22.6 Å². The largest absolute Gasteiger partial charge is 0.380 e. The maximum absolute atomic E-state index is 10.8. The number of rotatable bonds is 5. The number of carbonyl (C=O) groups is 1. The van der Waals surface area contributed by atoms with Gasteiger partial charge in [0.05, 0.1) is 6.61 Å². The fraction of sp³-hybridized carbons (Fsp3) is 0.364. The summed E-state index contributed by atoms with van der Waals surface area (Å²) in [5.74, 6) is -0.492. The molecule has 0 aliphatic heterocycles. The quantitative estimate of drug-likeness (QED) is 0.775. The molecule has 0 aromatic heterocycles. The summed E-state index contributed by atoms with van der Waals surface area (Å²) < 4.78 is 5.01. The van der Waals surface area contributed by atoms with Crippen LogP contribution in [0.4, 0.5) is 0 Å². The van der Waals surface area contributed by atoms with Crippen molar-refractivity contribution in [2.75, 3.05) is 7.11 Å². The van der Waals surface area contributed by atoms with Gasteiger partial charge in [-0.15, -0.1) is 11.6 Å². The third-order valence-electron chi connectivity index (χ3n) is 2.03. The van der Waals surface area contributed by atoms with Crippen molar-refractivity contribution in [3.05, 3.63) is 35.4 Å². The van der Waals surface area contributed by atoms with Crippen molar-refractivity contribution in [3.63, 3.8) is 0 Å². The number of hydrogen-bond acceptors (Lipinski definition) is 2. The lowest BCUT2D eigenvalue weighted by Gasteiger charge is -2.07. The molecule has 0 saturated carbocycles. The van der Waals surface area contributed by atoms with Crippen LogP contribution in [0, 0.1) is 0 Å². The van der Waals surface area contributed by atoms with E-state index in [4.69, 9.17) is 22.1 Å². The van der Waals surface area contributed by atoms with Gasteiger partial charge in [0.15, 0.2) is 0 Å². The molecule has 0 saturated heterocycles. The lowest BCUT2D eigenvalue weighted by atomic mass is 10.1. The van der Waals surface area contributed by atoms with E-state index in [0.29, 0.717) is 13.0 Å². The predicted molar refractivity (Wildman–Crippen MR) is 59.7 cm³/mol. The number of benzene rings is 1. The fourth-order valence-electron chi connectivity index (χ4n) is 1.32. The minimum absolute atomic E-state index is 0.453. The van der Waals surface area contributed by atoms with E-state index in [1.54, 1.807) is 7.11 Å². The van der Waals surface area contributed by atoms with Crippen LogP contribution >= 0.6 is 11.6 Å². The molecule has 0 spiro atoms. The Bertz CT molecular complexity index is 341. The molecule has 1 atom stereocenters. The van der Waals surface area contributed by atoms with Crippen molar-refractivity contribution >= 4 is 17.5 Å². The van der Waals surface area contributed by atoms with Crippen LogP contribution in [0.5, 0.6) is 0 Å². The predicted octanol–water partition coefficient (Wildman–Crippen LogP) is 1.47. The highest BCUT2D eigenvalue weighted by Crippen LogP contribution is 2.11. The zero-order chi connectivity index (χ0) is 11.3. The van der Waals surface area contributed by atoms with Gasteiger partial charge in [0.25, 0.3) is 0 Å². The molecule has 2 N–H and O–H groups in total. The number of primary amides is 1. The first-order chi connectivity index (χ1) is 7.13. The van der Waals surface area contributed by atoms with Gasteiger partial charge in [-0.05, 0) is 17.5 Å².